The molecule has 0 bridgehead atoms. The van der Waals surface area contributed by atoms with Gasteiger partial charge in [0.1, 0.15) is 5.82 Å². The van der Waals surface area contributed by atoms with Gasteiger partial charge in [-0.25, -0.2) is 4.98 Å². The third kappa shape index (κ3) is 3.93. The van der Waals surface area contributed by atoms with Crippen molar-refractivity contribution in [3.8, 4) is 0 Å². The van der Waals surface area contributed by atoms with Crippen LogP contribution in [0.15, 0.2) is 18.3 Å². The third-order valence-corrected chi connectivity index (χ3v) is 3.83. The summed E-state index contributed by atoms with van der Waals surface area (Å²) in [6, 6.07) is 5.06. The lowest BCUT2D eigenvalue weighted by Gasteiger charge is -2.25. The van der Waals surface area contributed by atoms with Gasteiger partial charge in [0.15, 0.2) is 0 Å². The zero-order valence-corrected chi connectivity index (χ0v) is 12.5. The number of pyridine rings is 1. The first-order chi connectivity index (χ1) is 9.20. The van der Waals surface area contributed by atoms with Crippen LogP contribution in [-0.4, -0.2) is 24.1 Å². The van der Waals surface area contributed by atoms with E-state index in [9.17, 15) is 0 Å². The van der Waals surface area contributed by atoms with Crippen molar-refractivity contribution in [3.63, 3.8) is 0 Å². The number of hydrogen-bond donors (Lipinski definition) is 1. The second-order valence-corrected chi connectivity index (χ2v) is 5.94. The molecule has 1 saturated heterocycles. The van der Waals surface area contributed by atoms with Crippen LogP contribution in [0.5, 0.6) is 0 Å². The van der Waals surface area contributed by atoms with Crippen LogP contribution in [0, 0.1) is 5.92 Å². The van der Waals surface area contributed by atoms with Gasteiger partial charge in [-0.05, 0) is 49.4 Å². The summed E-state index contributed by atoms with van der Waals surface area (Å²) in [5.74, 6) is 1.86. The van der Waals surface area contributed by atoms with Crippen LogP contribution in [0.3, 0.4) is 0 Å². The predicted octanol–water partition coefficient (Wildman–Crippen LogP) is 3.21. The highest BCUT2D eigenvalue weighted by atomic mass is 15.2. The Morgan fingerprint density at radius 3 is 3.05 bits per heavy atom. The average Bonchev–Trinajstić information content (AvgIpc) is 2.87. The van der Waals surface area contributed by atoms with Gasteiger partial charge < -0.3 is 10.2 Å². The molecule has 1 atom stereocenters. The van der Waals surface area contributed by atoms with Gasteiger partial charge in [-0.2, -0.15) is 0 Å². The van der Waals surface area contributed by atoms with Crippen LogP contribution >= 0.6 is 0 Å². The standard InChI is InChI=1S/C16H27N3/c1-4-15-6-5-9-19(15)16-10-14(7-8-18-16)12-17-11-13(2)3/h7-8,10,13,15,17H,4-6,9,11-12H2,1-3H3. The van der Waals surface area contributed by atoms with Crippen molar-refractivity contribution in [2.45, 2.75) is 52.6 Å². The lowest BCUT2D eigenvalue weighted by Crippen LogP contribution is -2.29. The van der Waals surface area contributed by atoms with E-state index in [1.54, 1.807) is 0 Å². The first kappa shape index (κ1) is 14.3. The molecule has 0 radical (unpaired) electrons. The highest BCUT2D eigenvalue weighted by molar-refractivity contribution is 5.43. The van der Waals surface area contributed by atoms with E-state index in [0.29, 0.717) is 12.0 Å². The van der Waals surface area contributed by atoms with Gasteiger partial charge in [-0.1, -0.05) is 20.8 Å². The minimum Gasteiger partial charge on any atom is -0.354 e. The fourth-order valence-electron chi connectivity index (χ4n) is 2.79. The minimum absolute atomic E-state index is 0.686. The van der Waals surface area contributed by atoms with E-state index in [1.807, 2.05) is 6.20 Å². The summed E-state index contributed by atoms with van der Waals surface area (Å²) in [5.41, 5.74) is 1.34. The maximum absolute atomic E-state index is 4.56. The zero-order chi connectivity index (χ0) is 13.7. The van der Waals surface area contributed by atoms with Crippen LogP contribution in [0.4, 0.5) is 5.82 Å². The SMILES string of the molecule is CCC1CCCN1c1cc(CNCC(C)C)ccn1. The van der Waals surface area contributed by atoms with Crippen molar-refractivity contribution in [1.29, 1.82) is 0 Å². The lowest BCUT2D eigenvalue weighted by molar-refractivity contribution is 0.552. The van der Waals surface area contributed by atoms with Crippen molar-refractivity contribution in [2.75, 3.05) is 18.0 Å². The van der Waals surface area contributed by atoms with Crippen molar-refractivity contribution >= 4 is 5.82 Å². The van der Waals surface area contributed by atoms with E-state index in [2.05, 4.69) is 48.1 Å². The van der Waals surface area contributed by atoms with Crippen LogP contribution in [0.2, 0.25) is 0 Å². The Balaban J connectivity index is 1.98. The summed E-state index contributed by atoms with van der Waals surface area (Å²) >= 11 is 0. The number of rotatable bonds is 6. The van der Waals surface area contributed by atoms with E-state index in [0.717, 1.165) is 25.5 Å². The summed E-state index contributed by atoms with van der Waals surface area (Å²) < 4.78 is 0. The zero-order valence-electron chi connectivity index (χ0n) is 12.5. The van der Waals surface area contributed by atoms with Crippen LogP contribution in [0.25, 0.3) is 0 Å². The topological polar surface area (TPSA) is 28.2 Å². The average molecular weight is 261 g/mol. The smallest absolute Gasteiger partial charge is 0.129 e. The van der Waals surface area contributed by atoms with E-state index in [4.69, 9.17) is 0 Å². The number of nitrogens with one attached hydrogen (secondary N) is 1. The third-order valence-electron chi connectivity index (χ3n) is 3.83. The predicted molar refractivity (Wildman–Crippen MR) is 81.4 cm³/mol. The lowest BCUT2D eigenvalue weighted by atomic mass is 10.1. The molecular weight excluding hydrogens is 234 g/mol. The Hall–Kier alpha value is -1.09. The second-order valence-electron chi connectivity index (χ2n) is 5.94. The highest BCUT2D eigenvalue weighted by Gasteiger charge is 2.23. The maximum Gasteiger partial charge on any atom is 0.129 e. The summed E-state index contributed by atoms with van der Waals surface area (Å²) in [7, 11) is 0. The summed E-state index contributed by atoms with van der Waals surface area (Å²) in [4.78, 5) is 7.04. The quantitative estimate of drug-likeness (QED) is 0.852. The Labute approximate surface area is 117 Å². The van der Waals surface area contributed by atoms with Crippen LogP contribution < -0.4 is 10.2 Å². The molecule has 1 fully saturated rings. The summed E-state index contributed by atoms with van der Waals surface area (Å²) in [6.07, 6.45) is 5.79. The van der Waals surface area contributed by atoms with Crippen molar-refractivity contribution in [3.05, 3.63) is 23.9 Å². The second kappa shape index (κ2) is 6.90. The Morgan fingerprint density at radius 1 is 1.47 bits per heavy atom. The van der Waals surface area contributed by atoms with Crippen molar-refractivity contribution in [1.82, 2.24) is 10.3 Å². The van der Waals surface area contributed by atoms with Gasteiger partial charge in [-0.3, -0.25) is 0 Å². The normalized spacial score (nSPS) is 19.4. The Bertz CT molecular complexity index is 389. The first-order valence-corrected chi connectivity index (χ1v) is 7.63. The number of anilines is 1. The monoisotopic (exact) mass is 261 g/mol. The highest BCUT2D eigenvalue weighted by Crippen LogP contribution is 2.25. The molecule has 1 aromatic rings. The van der Waals surface area contributed by atoms with Gasteiger partial charge in [-0.15, -0.1) is 0 Å². The summed E-state index contributed by atoms with van der Waals surface area (Å²) in [5, 5.41) is 3.50. The summed E-state index contributed by atoms with van der Waals surface area (Å²) in [6.45, 7) is 9.92. The van der Waals surface area contributed by atoms with E-state index in [-0.39, 0.29) is 0 Å². The van der Waals surface area contributed by atoms with Gasteiger partial charge >= 0.3 is 0 Å². The Morgan fingerprint density at radius 2 is 2.32 bits per heavy atom. The van der Waals surface area contributed by atoms with E-state index < -0.39 is 0 Å². The molecule has 0 spiro atoms. The molecule has 1 aromatic heterocycles. The van der Waals surface area contributed by atoms with Gasteiger partial charge in [0.2, 0.25) is 0 Å². The van der Waals surface area contributed by atoms with Gasteiger partial charge in [0, 0.05) is 25.3 Å². The van der Waals surface area contributed by atoms with Crippen LogP contribution in [-0.2, 0) is 6.54 Å². The molecule has 1 N–H and O–H groups in total. The fourth-order valence-corrected chi connectivity index (χ4v) is 2.79. The van der Waals surface area contributed by atoms with Crippen molar-refractivity contribution in [2.24, 2.45) is 5.92 Å². The molecule has 19 heavy (non-hydrogen) atoms. The van der Waals surface area contributed by atoms with E-state index in [1.165, 1.54) is 24.8 Å². The molecule has 2 rings (SSSR count). The van der Waals surface area contributed by atoms with E-state index >= 15 is 0 Å². The molecule has 0 amide bonds. The molecule has 0 aromatic carbocycles. The van der Waals surface area contributed by atoms with Gasteiger partial charge in [0.05, 0.1) is 0 Å². The molecule has 3 heteroatoms. The molecule has 0 saturated carbocycles. The molecule has 1 unspecified atom stereocenters. The number of aromatic nitrogens is 1. The van der Waals surface area contributed by atoms with Gasteiger partial charge in [0.25, 0.3) is 0 Å². The number of nitrogens with zero attached hydrogens (tertiary/aromatic N) is 2. The largest absolute Gasteiger partial charge is 0.354 e. The fraction of sp³-hybridized carbons (Fsp3) is 0.688. The molecule has 106 valence electrons. The first-order valence-electron chi connectivity index (χ1n) is 7.63. The molecule has 1 aliphatic rings. The van der Waals surface area contributed by atoms with Crippen LogP contribution in [0.1, 0.15) is 45.6 Å². The minimum atomic E-state index is 0.686. The number of hydrogen-bond acceptors (Lipinski definition) is 3. The molecule has 0 aliphatic carbocycles. The molecule has 1 aliphatic heterocycles. The maximum atomic E-state index is 4.56. The van der Waals surface area contributed by atoms with Crippen molar-refractivity contribution < 1.29 is 0 Å². The molecular formula is C16H27N3. The molecule has 2 heterocycles. The molecule has 3 nitrogen and oxygen atoms in total. The Kier molecular flexibility index (Phi) is 5.20.